The monoisotopic (exact) mass is 336 g/mol. The molecule has 0 fully saturated rings. The molecule has 0 saturated heterocycles. The van der Waals surface area contributed by atoms with E-state index >= 15 is 0 Å². The van der Waals surface area contributed by atoms with Crippen molar-refractivity contribution in [3.63, 3.8) is 0 Å². The summed E-state index contributed by atoms with van der Waals surface area (Å²) < 4.78 is 1.57. The summed E-state index contributed by atoms with van der Waals surface area (Å²) in [7, 11) is 0. The second kappa shape index (κ2) is 5.82. The van der Waals surface area contributed by atoms with Gasteiger partial charge in [-0.05, 0) is 37.9 Å². The molecule has 80 valence electrons. The Bertz CT molecular complexity index is 395. The van der Waals surface area contributed by atoms with Crippen molar-refractivity contribution in [1.82, 2.24) is 4.98 Å². The van der Waals surface area contributed by atoms with Gasteiger partial charge in [0.05, 0.1) is 11.9 Å². The number of nitrogens with zero attached hydrogens (tertiary/aromatic N) is 2. The highest BCUT2D eigenvalue weighted by Gasteiger charge is 1.99. The quantitative estimate of drug-likeness (QED) is 0.674. The van der Waals surface area contributed by atoms with Gasteiger partial charge in [-0.3, -0.25) is 4.98 Å². The van der Waals surface area contributed by atoms with Crippen LogP contribution in [0.4, 0.5) is 0 Å². The van der Waals surface area contributed by atoms with Crippen molar-refractivity contribution in [3.8, 4) is 0 Å². The van der Waals surface area contributed by atoms with Crippen LogP contribution in [0.1, 0.15) is 5.69 Å². The predicted octanol–water partition coefficient (Wildman–Crippen LogP) is 2.04. The molecule has 1 heterocycles. The molecule has 0 atom stereocenters. The normalized spacial score (nSPS) is 10.5. The van der Waals surface area contributed by atoms with E-state index in [4.69, 9.17) is 5.11 Å². The molecule has 0 aliphatic carbocycles. The van der Waals surface area contributed by atoms with E-state index in [0.717, 1.165) is 8.95 Å². The van der Waals surface area contributed by atoms with E-state index in [-0.39, 0.29) is 0 Å². The molecule has 0 aromatic carbocycles. The summed E-state index contributed by atoms with van der Waals surface area (Å²) in [5.74, 6) is -1.07. The molecule has 0 bridgehead atoms. The average Bonchev–Trinajstić information content (AvgIpc) is 2.14. The number of carboxylic acid groups (broad SMARTS) is 1. The molecule has 7 heteroatoms. The lowest BCUT2D eigenvalue weighted by Crippen LogP contribution is -2.03. The maximum atomic E-state index is 10.1. The van der Waals surface area contributed by atoms with Gasteiger partial charge in [-0.25, -0.2) is 4.79 Å². The fourth-order valence-corrected chi connectivity index (χ4v) is 1.79. The number of aromatic nitrogens is 1. The van der Waals surface area contributed by atoms with Crippen molar-refractivity contribution in [2.75, 3.05) is 6.61 Å². The molecule has 0 radical (unpaired) electrons. The maximum absolute atomic E-state index is 10.1. The van der Waals surface area contributed by atoms with Crippen molar-refractivity contribution >= 4 is 44.0 Å². The fraction of sp³-hybridized carbons (Fsp3) is 0.125. The summed E-state index contributed by atoms with van der Waals surface area (Å²) >= 11 is 6.52. The van der Waals surface area contributed by atoms with Crippen molar-refractivity contribution in [2.45, 2.75) is 0 Å². The number of pyridine rings is 1. The highest BCUT2D eigenvalue weighted by atomic mass is 79.9. The number of oxime groups is 1. The summed E-state index contributed by atoms with van der Waals surface area (Å²) in [4.78, 5) is 18.6. The van der Waals surface area contributed by atoms with Gasteiger partial charge in [-0.15, -0.1) is 0 Å². The second-order valence-corrected chi connectivity index (χ2v) is 4.19. The van der Waals surface area contributed by atoms with E-state index in [9.17, 15) is 4.79 Å². The van der Waals surface area contributed by atoms with E-state index in [1.807, 2.05) is 0 Å². The third-order valence-electron chi connectivity index (χ3n) is 1.27. The standard InChI is InChI=1S/C8H6Br2N2O3/c9-5-1-6(10)7(11-2-5)3-12-15-4-8(13)14/h1-3H,4H2,(H,13,14). The molecular weight excluding hydrogens is 332 g/mol. The molecule has 0 aliphatic heterocycles. The van der Waals surface area contributed by atoms with Gasteiger partial charge in [0.2, 0.25) is 6.61 Å². The van der Waals surface area contributed by atoms with Crippen LogP contribution < -0.4 is 0 Å². The number of carbonyl (C=O) groups is 1. The van der Waals surface area contributed by atoms with E-state index in [1.54, 1.807) is 12.3 Å². The highest BCUT2D eigenvalue weighted by molar-refractivity contribution is 9.11. The van der Waals surface area contributed by atoms with E-state index < -0.39 is 12.6 Å². The predicted molar refractivity (Wildman–Crippen MR) is 60.8 cm³/mol. The van der Waals surface area contributed by atoms with Crippen LogP contribution in [0.2, 0.25) is 0 Å². The van der Waals surface area contributed by atoms with Gasteiger partial charge in [0.1, 0.15) is 0 Å². The molecule has 0 unspecified atom stereocenters. The minimum absolute atomic E-state index is 0.468. The van der Waals surface area contributed by atoms with Crippen molar-refractivity contribution < 1.29 is 14.7 Å². The second-order valence-electron chi connectivity index (χ2n) is 2.42. The molecular formula is C8H6Br2N2O3. The first-order chi connectivity index (χ1) is 7.09. The van der Waals surface area contributed by atoms with E-state index in [1.165, 1.54) is 6.21 Å². The molecule has 0 amide bonds. The lowest BCUT2D eigenvalue weighted by atomic mass is 10.4. The summed E-state index contributed by atoms with van der Waals surface area (Å²) in [5, 5.41) is 11.7. The number of rotatable bonds is 4. The van der Waals surface area contributed by atoms with Gasteiger partial charge in [-0.2, -0.15) is 0 Å². The first-order valence-electron chi connectivity index (χ1n) is 3.78. The lowest BCUT2D eigenvalue weighted by Gasteiger charge is -1.97. The number of aliphatic carboxylic acids is 1. The van der Waals surface area contributed by atoms with Gasteiger partial charge in [0.25, 0.3) is 0 Å². The zero-order chi connectivity index (χ0) is 11.3. The number of hydrogen-bond donors (Lipinski definition) is 1. The van der Waals surface area contributed by atoms with Crippen LogP contribution in [0.5, 0.6) is 0 Å². The lowest BCUT2D eigenvalue weighted by molar-refractivity contribution is -0.142. The Labute approximate surface area is 102 Å². The first kappa shape index (κ1) is 12.1. The molecule has 1 N–H and O–H groups in total. The average molecular weight is 338 g/mol. The molecule has 0 aliphatic rings. The van der Waals surface area contributed by atoms with Crippen LogP contribution in [0, 0.1) is 0 Å². The van der Waals surface area contributed by atoms with Crippen LogP contribution in [-0.4, -0.2) is 28.9 Å². The Hall–Kier alpha value is -0.950. The SMILES string of the molecule is O=C(O)CON=Cc1ncc(Br)cc1Br. The molecule has 1 aromatic heterocycles. The van der Waals surface area contributed by atoms with Gasteiger partial charge in [0.15, 0.2) is 0 Å². The Balaban J connectivity index is 2.60. The van der Waals surface area contributed by atoms with Crippen LogP contribution in [0.25, 0.3) is 0 Å². The number of halogens is 2. The van der Waals surface area contributed by atoms with Crippen molar-refractivity contribution in [3.05, 3.63) is 26.9 Å². The topological polar surface area (TPSA) is 71.8 Å². The molecule has 0 spiro atoms. The highest BCUT2D eigenvalue weighted by Crippen LogP contribution is 2.18. The summed E-state index contributed by atoms with van der Waals surface area (Å²) in [6.07, 6.45) is 2.93. The smallest absolute Gasteiger partial charge is 0.344 e. The summed E-state index contributed by atoms with van der Waals surface area (Å²) in [6, 6.07) is 1.80. The van der Waals surface area contributed by atoms with Crippen LogP contribution >= 0.6 is 31.9 Å². The third-order valence-corrected chi connectivity index (χ3v) is 2.34. The minimum atomic E-state index is -1.07. The zero-order valence-corrected chi connectivity index (χ0v) is 10.5. The van der Waals surface area contributed by atoms with Gasteiger partial charge in [0, 0.05) is 15.1 Å². The van der Waals surface area contributed by atoms with Crippen LogP contribution in [-0.2, 0) is 9.63 Å². The molecule has 5 nitrogen and oxygen atoms in total. The van der Waals surface area contributed by atoms with Crippen molar-refractivity contribution in [1.29, 1.82) is 0 Å². The number of carboxylic acids is 1. The largest absolute Gasteiger partial charge is 0.479 e. The Kier molecular flexibility index (Phi) is 4.70. The molecule has 1 aromatic rings. The van der Waals surface area contributed by atoms with Crippen molar-refractivity contribution in [2.24, 2.45) is 5.16 Å². The maximum Gasteiger partial charge on any atom is 0.344 e. The molecule has 1 rings (SSSR count). The molecule has 0 saturated carbocycles. The Morgan fingerprint density at radius 1 is 1.67 bits per heavy atom. The van der Waals surface area contributed by atoms with E-state index in [2.05, 4.69) is 46.8 Å². The summed E-state index contributed by atoms with van der Waals surface area (Å²) in [6.45, 7) is -0.468. The fourth-order valence-electron chi connectivity index (χ4n) is 0.700. The van der Waals surface area contributed by atoms with Crippen LogP contribution in [0.3, 0.4) is 0 Å². The zero-order valence-electron chi connectivity index (χ0n) is 7.35. The van der Waals surface area contributed by atoms with Crippen LogP contribution in [0.15, 0.2) is 26.4 Å². The third kappa shape index (κ3) is 4.39. The van der Waals surface area contributed by atoms with Gasteiger partial charge in [-0.1, -0.05) is 5.16 Å². The Morgan fingerprint density at radius 3 is 3.00 bits per heavy atom. The van der Waals surface area contributed by atoms with Gasteiger partial charge >= 0.3 is 5.97 Å². The Morgan fingerprint density at radius 2 is 2.40 bits per heavy atom. The van der Waals surface area contributed by atoms with E-state index in [0.29, 0.717) is 5.69 Å². The van der Waals surface area contributed by atoms with Gasteiger partial charge < -0.3 is 9.94 Å². The number of hydrogen-bond acceptors (Lipinski definition) is 4. The minimum Gasteiger partial charge on any atom is -0.479 e. The summed E-state index contributed by atoms with van der Waals surface area (Å²) in [5.41, 5.74) is 0.559. The molecule has 15 heavy (non-hydrogen) atoms. The first-order valence-corrected chi connectivity index (χ1v) is 5.36.